The van der Waals surface area contributed by atoms with Gasteiger partial charge in [-0.15, -0.1) is 0 Å². The van der Waals surface area contributed by atoms with Crippen molar-refractivity contribution in [2.24, 2.45) is 39.6 Å². The number of aliphatic hydroxyl groups excluding tert-OH is 1. The summed E-state index contributed by atoms with van der Waals surface area (Å²) in [6.45, 7) is 5.12. The van der Waals surface area contributed by atoms with Gasteiger partial charge in [-0.1, -0.05) is 55.3 Å². The van der Waals surface area contributed by atoms with E-state index < -0.39 is 0 Å². The van der Waals surface area contributed by atoms with Gasteiger partial charge < -0.3 is 9.84 Å². The summed E-state index contributed by atoms with van der Waals surface area (Å²) < 4.78 is 5.43. The lowest BCUT2D eigenvalue weighted by molar-refractivity contribution is -0.0424. The van der Waals surface area contributed by atoms with Crippen LogP contribution in [0.1, 0.15) is 83.2 Å². The average Bonchev–Trinajstić information content (AvgIpc) is 3.55. The van der Waals surface area contributed by atoms with Gasteiger partial charge in [0.25, 0.3) is 0 Å². The van der Waals surface area contributed by atoms with E-state index in [9.17, 15) is 5.11 Å². The van der Waals surface area contributed by atoms with E-state index in [1.165, 1.54) is 37.8 Å². The van der Waals surface area contributed by atoms with Gasteiger partial charge in [0.15, 0.2) is 0 Å². The fourth-order valence-corrected chi connectivity index (χ4v) is 10.2. The average molecular weight is 559 g/mol. The number of halogens is 1. The normalized spacial score (nSPS) is 38.7. The van der Waals surface area contributed by atoms with E-state index in [4.69, 9.17) is 21.4 Å². The molecule has 0 aromatic heterocycles. The van der Waals surface area contributed by atoms with Crippen molar-refractivity contribution in [2.75, 3.05) is 12.1 Å². The van der Waals surface area contributed by atoms with E-state index in [1.807, 2.05) is 24.3 Å². The van der Waals surface area contributed by atoms with E-state index in [2.05, 4.69) is 49.2 Å². The molecular formula is C35H43ClN2O2. The van der Waals surface area contributed by atoms with Gasteiger partial charge in [-0.2, -0.15) is 5.10 Å². The summed E-state index contributed by atoms with van der Waals surface area (Å²) in [5.74, 6) is 3.63. The third-order valence-electron chi connectivity index (χ3n) is 12.0. The minimum absolute atomic E-state index is 0.101. The maximum atomic E-state index is 10.4. The molecule has 5 aliphatic rings. The zero-order valence-corrected chi connectivity index (χ0v) is 24.9. The van der Waals surface area contributed by atoms with Gasteiger partial charge in [-0.3, -0.25) is 5.01 Å². The Bertz CT molecular complexity index is 1340. The Balaban J connectivity index is 1.20. The number of nitrogens with zero attached hydrogens (tertiary/aromatic N) is 2. The number of ether oxygens (including phenoxy) is 1. The molecule has 0 amide bonds. The highest BCUT2D eigenvalue weighted by Crippen LogP contribution is 2.67. The van der Waals surface area contributed by atoms with Crippen molar-refractivity contribution in [3.05, 3.63) is 70.8 Å². The lowest BCUT2D eigenvalue weighted by atomic mass is 9.47. The second-order valence-electron chi connectivity index (χ2n) is 13.7. The third kappa shape index (κ3) is 4.08. The maximum absolute atomic E-state index is 10.4. The van der Waals surface area contributed by atoms with Crippen molar-refractivity contribution in [3.63, 3.8) is 0 Å². The van der Waals surface area contributed by atoms with Gasteiger partial charge in [0, 0.05) is 23.1 Å². The number of rotatable bonds is 4. The van der Waals surface area contributed by atoms with Crippen molar-refractivity contribution >= 4 is 23.0 Å². The van der Waals surface area contributed by atoms with Crippen LogP contribution in [0.5, 0.6) is 5.75 Å². The Morgan fingerprint density at radius 1 is 0.950 bits per heavy atom. The van der Waals surface area contributed by atoms with Crippen molar-refractivity contribution in [1.29, 1.82) is 0 Å². The van der Waals surface area contributed by atoms with Crippen LogP contribution in [0, 0.1) is 34.5 Å². The van der Waals surface area contributed by atoms with E-state index in [0.717, 1.165) is 65.5 Å². The number of methoxy groups -OCH3 is 1. The van der Waals surface area contributed by atoms with Crippen LogP contribution < -0.4 is 9.75 Å². The molecule has 7 rings (SSSR count). The van der Waals surface area contributed by atoms with Crippen LogP contribution in [0.3, 0.4) is 0 Å². The molecule has 0 saturated heterocycles. The predicted octanol–water partition coefficient (Wildman–Crippen LogP) is 8.60. The number of anilines is 1. The predicted molar refractivity (Wildman–Crippen MR) is 163 cm³/mol. The summed E-state index contributed by atoms with van der Waals surface area (Å²) in [7, 11) is 1.71. The molecule has 1 aliphatic heterocycles. The first-order chi connectivity index (χ1) is 19.3. The molecule has 1 unspecified atom stereocenters. The van der Waals surface area contributed by atoms with Crippen LogP contribution in [0.15, 0.2) is 65.3 Å². The number of aliphatic hydroxyl groups is 1. The van der Waals surface area contributed by atoms with Crippen LogP contribution in [0.4, 0.5) is 5.69 Å². The minimum atomic E-state index is -0.138. The Labute approximate surface area is 244 Å². The summed E-state index contributed by atoms with van der Waals surface area (Å²) in [4.78, 5) is 0. The molecule has 1 N–H and O–H groups in total. The Morgan fingerprint density at radius 2 is 1.75 bits per heavy atom. The Hall–Kier alpha value is -2.30. The third-order valence-corrected chi connectivity index (χ3v) is 12.4. The highest BCUT2D eigenvalue weighted by molar-refractivity contribution is 6.31. The molecule has 3 fully saturated rings. The van der Waals surface area contributed by atoms with Gasteiger partial charge in [-0.25, -0.2) is 0 Å². The smallest absolute Gasteiger partial charge is 0.119 e. The van der Waals surface area contributed by atoms with E-state index >= 15 is 0 Å². The SMILES string of the molecule is COc1ccc(N2N=C([C@H]3CC[C@H]4[C@@H]5CC=C6C[C@@H](O)CC[C@]6(C)[C@H]5CC[C@]34C)CC2c2ccccc2Cl)cc1. The lowest BCUT2D eigenvalue weighted by Gasteiger charge is -2.58. The topological polar surface area (TPSA) is 45.1 Å². The van der Waals surface area contributed by atoms with Crippen LogP contribution in [0.25, 0.3) is 0 Å². The molecule has 8 atom stereocenters. The molecule has 4 aliphatic carbocycles. The van der Waals surface area contributed by atoms with Crippen molar-refractivity contribution in [3.8, 4) is 5.75 Å². The molecule has 1 heterocycles. The largest absolute Gasteiger partial charge is 0.497 e. The summed E-state index contributed by atoms with van der Waals surface area (Å²) >= 11 is 6.79. The molecule has 3 saturated carbocycles. The van der Waals surface area contributed by atoms with Crippen molar-refractivity contribution in [1.82, 2.24) is 0 Å². The molecular weight excluding hydrogens is 516 g/mol. The van der Waals surface area contributed by atoms with Gasteiger partial charge >= 0.3 is 0 Å². The molecule has 4 nitrogen and oxygen atoms in total. The zero-order valence-electron chi connectivity index (χ0n) is 24.2. The van der Waals surface area contributed by atoms with Crippen LogP contribution in [-0.4, -0.2) is 24.0 Å². The Morgan fingerprint density at radius 3 is 2.52 bits per heavy atom. The fraction of sp³-hybridized carbons (Fsp3) is 0.571. The van der Waals surface area contributed by atoms with Crippen molar-refractivity contribution < 1.29 is 9.84 Å². The molecule has 2 aromatic rings. The van der Waals surface area contributed by atoms with E-state index in [0.29, 0.717) is 5.92 Å². The van der Waals surface area contributed by atoms with Crippen LogP contribution in [0.2, 0.25) is 5.02 Å². The van der Waals surface area contributed by atoms with Gasteiger partial charge in [0.05, 0.1) is 24.9 Å². The highest BCUT2D eigenvalue weighted by atomic mass is 35.5. The summed E-state index contributed by atoms with van der Waals surface area (Å²) in [5, 5.41) is 18.9. The molecule has 5 heteroatoms. The van der Waals surface area contributed by atoms with E-state index in [-0.39, 0.29) is 23.0 Å². The zero-order chi connectivity index (χ0) is 27.6. The number of benzene rings is 2. The number of hydrogen-bond acceptors (Lipinski definition) is 4. The van der Waals surface area contributed by atoms with E-state index in [1.54, 1.807) is 12.7 Å². The fourth-order valence-electron chi connectivity index (χ4n) is 9.89. The standard InChI is InChI=1S/C35H43ClN2O2/c1-34-18-16-24(39)20-22(34)8-13-26-28-14-15-30(35(28,2)19-17-29(26)34)32-21-33(27-6-4-5-7-31(27)36)38(37-32)23-9-11-25(40-3)12-10-23/h4-12,24,26,28-30,33,39H,13-21H2,1-3H3/t24-,26-,28-,29-,30+,33?,34-,35-/m0/s1. The molecule has 0 spiro atoms. The first-order valence-electron chi connectivity index (χ1n) is 15.4. The van der Waals surface area contributed by atoms with Crippen LogP contribution in [-0.2, 0) is 0 Å². The minimum Gasteiger partial charge on any atom is -0.497 e. The number of allylic oxidation sites excluding steroid dienone is 1. The Kier molecular flexibility index (Phi) is 6.59. The second kappa shape index (κ2) is 9.91. The van der Waals surface area contributed by atoms with Gasteiger partial charge in [0.2, 0.25) is 0 Å². The summed E-state index contributed by atoms with van der Waals surface area (Å²) in [6, 6.07) is 16.7. The number of fused-ring (bicyclic) bond motifs is 5. The maximum Gasteiger partial charge on any atom is 0.119 e. The molecule has 40 heavy (non-hydrogen) atoms. The van der Waals surface area contributed by atoms with Crippen LogP contribution >= 0.6 is 11.6 Å². The molecule has 2 aromatic carbocycles. The molecule has 212 valence electrons. The van der Waals surface area contributed by atoms with Gasteiger partial charge in [-0.05, 0) is 116 Å². The van der Waals surface area contributed by atoms with Crippen molar-refractivity contribution in [2.45, 2.75) is 83.8 Å². The van der Waals surface area contributed by atoms with Gasteiger partial charge in [0.1, 0.15) is 5.75 Å². The molecule has 0 radical (unpaired) electrons. The monoisotopic (exact) mass is 558 g/mol. The quantitative estimate of drug-likeness (QED) is 0.382. The lowest BCUT2D eigenvalue weighted by Crippen LogP contribution is -2.51. The first kappa shape index (κ1) is 26.6. The highest BCUT2D eigenvalue weighted by Gasteiger charge is 2.59. The number of hydrogen-bond donors (Lipinski definition) is 1. The summed E-state index contributed by atoms with van der Waals surface area (Å²) in [5.41, 5.74) is 5.73. The first-order valence-corrected chi connectivity index (χ1v) is 15.8. The summed E-state index contributed by atoms with van der Waals surface area (Å²) in [6.07, 6.45) is 12.7. The number of hydrazone groups is 1. The molecule has 0 bridgehead atoms. The second-order valence-corrected chi connectivity index (χ2v) is 14.1.